The van der Waals surface area contributed by atoms with Crippen LogP contribution in [0, 0.1) is 0 Å². The number of pyridine rings is 1. The zero-order valence-corrected chi connectivity index (χ0v) is 6.17. The minimum atomic E-state index is 0.0485. The molecular weight excluding hydrogens is 166 g/mol. The molecule has 3 nitrogen and oxygen atoms in total. The summed E-state index contributed by atoms with van der Waals surface area (Å²) in [6.45, 7) is 0. The third kappa shape index (κ3) is 0.851. The van der Waals surface area contributed by atoms with Crippen molar-refractivity contribution in [2.45, 2.75) is 0 Å². The van der Waals surface area contributed by atoms with Gasteiger partial charge in [0, 0.05) is 6.20 Å². The van der Waals surface area contributed by atoms with E-state index in [1.807, 2.05) is 0 Å². The highest BCUT2D eigenvalue weighted by Gasteiger charge is 2.07. The molecule has 1 N–H and O–H groups in total. The number of aromatic nitrogens is 1. The first-order valence-electron chi connectivity index (χ1n) is 2.98. The fourth-order valence-corrected chi connectivity index (χ4v) is 1.18. The summed E-state index contributed by atoms with van der Waals surface area (Å²) in [7, 11) is 0. The molecule has 4 heteroatoms. The van der Waals surface area contributed by atoms with E-state index in [0.29, 0.717) is 16.0 Å². The van der Waals surface area contributed by atoms with Crippen LogP contribution < -0.4 is 0 Å². The van der Waals surface area contributed by atoms with E-state index in [1.54, 1.807) is 0 Å². The standard InChI is InChI=1S/C7H4ClNO2/c8-4-1-9-2-6-7(4)5(10)3-11-6/h1-3,10H. The van der Waals surface area contributed by atoms with Gasteiger partial charge in [-0.15, -0.1) is 0 Å². The molecule has 2 aromatic heterocycles. The largest absolute Gasteiger partial charge is 0.504 e. The van der Waals surface area contributed by atoms with Crippen LogP contribution >= 0.6 is 11.6 Å². The number of furan rings is 1. The lowest BCUT2D eigenvalue weighted by Gasteiger charge is -1.89. The summed E-state index contributed by atoms with van der Waals surface area (Å²) in [5, 5.41) is 10.1. The summed E-state index contributed by atoms with van der Waals surface area (Å²) in [6.07, 6.45) is 4.19. The molecule has 0 spiro atoms. The van der Waals surface area contributed by atoms with Crippen LogP contribution in [0.1, 0.15) is 0 Å². The van der Waals surface area contributed by atoms with E-state index in [9.17, 15) is 5.11 Å². The summed E-state index contributed by atoms with van der Waals surface area (Å²) >= 11 is 5.72. The van der Waals surface area contributed by atoms with Gasteiger partial charge in [-0.1, -0.05) is 11.6 Å². The molecule has 0 aliphatic heterocycles. The van der Waals surface area contributed by atoms with Gasteiger partial charge in [0.05, 0.1) is 16.6 Å². The summed E-state index contributed by atoms with van der Waals surface area (Å²) in [5.74, 6) is 0.0485. The van der Waals surface area contributed by atoms with Crippen molar-refractivity contribution in [3.8, 4) is 5.75 Å². The van der Waals surface area contributed by atoms with Crippen molar-refractivity contribution in [3.63, 3.8) is 0 Å². The van der Waals surface area contributed by atoms with Crippen LogP contribution in [0.2, 0.25) is 5.02 Å². The van der Waals surface area contributed by atoms with Crippen molar-refractivity contribution in [1.82, 2.24) is 4.98 Å². The topological polar surface area (TPSA) is 46.3 Å². The molecule has 2 heterocycles. The third-order valence-corrected chi connectivity index (χ3v) is 1.71. The molecular formula is C7H4ClNO2. The quantitative estimate of drug-likeness (QED) is 0.658. The minimum absolute atomic E-state index is 0.0485. The Balaban J connectivity index is 2.96. The molecule has 56 valence electrons. The van der Waals surface area contributed by atoms with Crippen molar-refractivity contribution in [2.24, 2.45) is 0 Å². The maximum absolute atomic E-state index is 9.19. The van der Waals surface area contributed by atoms with Gasteiger partial charge in [-0.25, -0.2) is 0 Å². The van der Waals surface area contributed by atoms with Crippen LogP contribution in [0.15, 0.2) is 23.1 Å². The molecule has 0 amide bonds. The molecule has 0 fully saturated rings. The highest BCUT2D eigenvalue weighted by atomic mass is 35.5. The number of rotatable bonds is 0. The van der Waals surface area contributed by atoms with Crippen LogP contribution in [0.4, 0.5) is 0 Å². The molecule has 0 saturated carbocycles. The molecule has 2 aromatic rings. The molecule has 0 aromatic carbocycles. The maximum atomic E-state index is 9.19. The van der Waals surface area contributed by atoms with Gasteiger partial charge in [-0.3, -0.25) is 4.98 Å². The second-order valence-electron chi connectivity index (χ2n) is 2.12. The minimum Gasteiger partial charge on any atom is -0.504 e. The maximum Gasteiger partial charge on any atom is 0.163 e. The molecule has 0 aliphatic rings. The smallest absolute Gasteiger partial charge is 0.163 e. The van der Waals surface area contributed by atoms with Crippen molar-refractivity contribution in [3.05, 3.63) is 23.7 Å². The highest BCUT2D eigenvalue weighted by molar-refractivity contribution is 6.35. The summed E-state index contributed by atoms with van der Waals surface area (Å²) in [5.41, 5.74) is 0.495. The Morgan fingerprint density at radius 3 is 3.00 bits per heavy atom. The monoisotopic (exact) mass is 169 g/mol. The molecule has 0 saturated heterocycles. The van der Waals surface area contributed by atoms with Crippen molar-refractivity contribution in [2.75, 3.05) is 0 Å². The van der Waals surface area contributed by atoms with Crippen LogP contribution in [0.5, 0.6) is 5.75 Å². The van der Waals surface area contributed by atoms with Gasteiger partial charge in [0.25, 0.3) is 0 Å². The lowest BCUT2D eigenvalue weighted by Crippen LogP contribution is -1.71. The van der Waals surface area contributed by atoms with E-state index >= 15 is 0 Å². The first-order valence-corrected chi connectivity index (χ1v) is 3.36. The number of halogens is 1. The van der Waals surface area contributed by atoms with Crippen LogP contribution in [0.3, 0.4) is 0 Å². The zero-order valence-electron chi connectivity index (χ0n) is 5.41. The molecule has 2 rings (SSSR count). The Labute approximate surface area is 67.2 Å². The second kappa shape index (κ2) is 2.13. The van der Waals surface area contributed by atoms with E-state index in [0.717, 1.165) is 0 Å². The summed E-state index contributed by atoms with van der Waals surface area (Å²) in [4.78, 5) is 3.79. The van der Waals surface area contributed by atoms with Gasteiger partial charge in [-0.2, -0.15) is 0 Å². The molecule has 0 aliphatic carbocycles. The molecule has 0 atom stereocenters. The van der Waals surface area contributed by atoms with Crippen molar-refractivity contribution < 1.29 is 9.52 Å². The Kier molecular flexibility index (Phi) is 1.26. The van der Waals surface area contributed by atoms with E-state index < -0.39 is 0 Å². The van der Waals surface area contributed by atoms with Crippen LogP contribution in [-0.2, 0) is 0 Å². The number of hydrogen-bond donors (Lipinski definition) is 1. The van der Waals surface area contributed by atoms with E-state index in [2.05, 4.69) is 4.98 Å². The third-order valence-electron chi connectivity index (χ3n) is 1.42. The van der Waals surface area contributed by atoms with Gasteiger partial charge in [0.15, 0.2) is 11.3 Å². The molecule has 0 bridgehead atoms. The predicted molar refractivity (Wildman–Crippen MR) is 40.7 cm³/mol. The van der Waals surface area contributed by atoms with Crippen molar-refractivity contribution >= 4 is 22.6 Å². The Bertz CT molecular complexity index is 396. The number of fused-ring (bicyclic) bond motifs is 1. The summed E-state index contributed by atoms with van der Waals surface area (Å²) in [6, 6.07) is 0. The first-order chi connectivity index (χ1) is 5.29. The SMILES string of the molecule is Oc1coc2cncc(Cl)c12. The average Bonchev–Trinajstić information content (AvgIpc) is 2.34. The van der Waals surface area contributed by atoms with Gasteiger partial charge in [0.1, 0.15) is 6.26 Å². The predicted octanol–water partition coefficient (Wildman–Crippen LogP) is 2.19. The van der Waals surface area contributed by atoms with Gasteiger partial charge < -0.3 is 9.52 Å². The number of nitrogens with zero attached hydrogens (tertiary/aromatic N) is 1. The van der Waals surface area contributed by atoms with E-state index in [-0.39, 0.29) is 5.75 Å². The average molecular weight is 170 g/mol. The van der Waals surface area contributed by atoms with Gasteiger partial charge >= 0.3 is 0 Å². The Morgan fingerprint density at radius 1 is 1.45 bits per heavy atom. The Morgan fingerprint density at radius 2 is 2.27 bits per heavy atom. The van der Waals surface area contributed by atoms with Crippen LogP contribution in [0.25, 0.3) is 11.0 Å². The van der Waals surface area contributed by atoms with Crippen molar-refractivity contribution in [1.29, 1.82) is 0 Å². The lowest BCUT2D eigenvalue weighted by atomic mass is 10.3. The summed E-state index contributed by atoms with van der Waals surface area (Å²) < 4.78 is 4.93. The highest BCUT2D eigenvalue weighted by Crippen LogP contribution is 2.31. The lowest BCUT2D eigenvalue weighted by molar-refractivity contribution is 0.464. The normalized spacial score (nSPS) is 10.6. The van der Waals surface area contributed by atoms with Crippen LogP contribution in [-0.4, -0.2) is 10.1 Å². The number of aromatic hydroxyl groups is 1. The fourth-order valence-electron chi connectivity index (χ4n) is 0.933. The first kappa shape index (κ1) is 6.49. The molecule has 11 heavy (non-hydrogen) atoms. The fraction of sp³-hybridized carbons (Fsp3) is 0. The second-order valence-corrected chi connectivity index (χ2v) is 2.52. The number of hydrogen-bond acceptors (Lipinski definition) is 3. The van der Waals surface area contributed by atoms with Gasteiger partial charge in [0.2, 0.25) is 0 Å². The molecule has 0 unspecified atom stereocenters. The van der Waals surface area contributed by atoms with E-state index in [4.69, 9.17) is 16.0 Å². The van der Waals surface area contributed by atoms with Gasteiger partial charge in [-0.05, 0) is 0 Å². The molecule has 0 radical (unpaired) electrons. The van der Waals surface area contributed by atoms with E-state index in [1.165, 1.54) is 18.7 Å². The Hall–Kier alpha value is -1.22. The zero-order chi connectivity index (χ0) is 7.84.